The van der Waals surface area contributed by atoms with Gasteiger partial charge in [-0.3, -0.25) is 4.90 Å². The van der Waals surface area contributed by atoms with Crippen molar-refractivity contribution in [3.63, 3.8) is 0 Å². The van der Waals surface area contributed by atoms with E-state index in [4.69, 9.17) is 9.47 Å². The number of aliphatic hydroxyl groups excluding tert-OH is 1. The van der Waals surface area contributed by atoms with Crippen LogP contribution in [0.5, 0.6) is 0 Å². The Bertz CT molecular complexity index is 484. The summed E-state index contributed by atoms with van der Waals surface area (Å²) >= 11 is 0. The number of aliphatic hydroxyl groups is 1. The predicted octanol–water partition coefficient (Wildman–Crippen LogP) is 2.49. The third-order valence-electron chi connectivity index (χ3n) is 6.80. The predicted molar refractivity (Wildman–Crippen MR) is 108 cm³/mol. The Labute approximate surface area is 169 Å². The number of carbonyl (C=O) groups excluding carboxylic acids is 1. The fourth-order valence-electron chi connectivity index (χ4n) is 5.35. The highest BCUT2D eigenvalue weighted by molar-refractivity contribution is 5.67. The van der Waals surface area contributed by atoms with Crippen LogP contribution >= 0.6 is 0 Å². The average Bonchev–Trinajstić information content (AvgIpc) is 3.06. The van der Waals surface area contributed by atoms with E-state index in [-0.39, 0.29) is 6.09 Å². The number of likely N-dealkylation sites (tertiary alicyclic amines) is 3. The second kappa shape index (κ2) is 10.8. The molecule has 0 saturated carbocycles. The van der Waals surface area contributed by atoms with Crippen LogP contribution in [0.1, 0.15) is 58.8 Å². The highest BCUT2D eigenvalue weighted by Gasteiger charge is 2.38. The third-order valence-corrected chi connectivity index (χ3v) is 6.80. The van der Waals surface area contributed by atoms with Gasteiger partial charge in [0, 0.05) is 38.3 Å². The second-order valence-corrected chi connectivity index (χ2v) is 8.37. The second-order valence-electron chi connectivity index (χ2n) is 8.37. The summed E-state index contributed by atoms with van der Waals surface area (Å²) in [6.07, 6.45) is 7.08. The highest BCUT2D eigenvalue weighted by Crippen LogP contribution is 2.33. The molecule has 3 fully saturated rings. The van der Waals surface area contributed by atoms with Crippen LogP contribution in [0.2, 0.25) is 0 Å². The lowest BCUT2D eigenvalue weighted by atomic mass is 9.87. The zero-order valence-corrected chi connectivity index (χ0v) is 17.7. The van der Waals surface area contributed by atoms with Gasteiger partial charge in [0.15, 0.2) is 0 Å². The maximum absolute atomic E-state index is 12.0. The summed E-state index contributed by atoms with van der Waals surface area (Å²) in [5.74, 6) is 0.649. The van der Waals surface area contributed by atoms with Crippen LogP contribution in [0.4, 0.5) is 4.79 Å². The Morgan fingerprint density at radius 3 is 2.43 bits per heavy atom. The number of nitrogens with zero attached hydrogens (tertiary/aromatic N) is 3. The van der Waals surface area contributed by atoms with Gasteiger partial charge >= 0.3 is 6.09 Å². The monoisotopic (exact) mass is 397 g/mol. The molecule has 7 nitrogen and oxygen atoms in total. The van der Waals surface area contributed by atoms with Gasteiger partial charge in [0.2, 0.25) is 6.41 Å². The van der Waals surface area contributed by atoms with E-state index >= 15 is 0 Å². The summed E-state index contributed by atoms with van der Waals surface area (Å²) in [5.41, 5.74) is 0. The van der Waals surface area contributed by atoms with Crippen LogP contribution in [0.3, 0.4) is 0 Å². The van der Waals surface area contributed by atoms with Crippen LogP contribution in [0, 0.1) is 5.92 Å². The normalized spacial score (nSPS) is 29.6. The van der Waals surface area contributed by atoms with E-state index in [9.17, 15) is 9.90 Å². The number of rotatable bonds is 6. The van der Waals surface area contributed by atoms with Crippen molar-refractivity contribution < 1.29 is 19.4 Å². The molecule has 3 aliphatic rings. The molecule has 162 valence electrons. The number of amides is 1. The molecule has 1 N–H and O–H groups in total. The molecule has 0 aliphatic carbocycles. The van der Waals surface area contributed by atoms with Crippen molar-refractivity contribution in [3.05, 3.63) is 0 Å². The van der Waals surface area contributed by atoms with Gasteiger partial charge in [0.05, 0.1) is 6.61 Å². The van der Waals surface area contributed by atoms with E-state index in [2.05, 4.69) is 9.80 Å². The van der Waals surface area contributed by atoms with Gasteiger partial charge in [0.1, 0.15) is 0 Å². The molecule has 3 aliphatic heterocycles. The minimum Gasteiger partial charge on any atom is -0.450 e. The lowest BCUT2D eigenvalue weighted by Crippen LogP contribution is -2.49. The molecule has 28 heavy (non-hydrogen) atoms. The van der Waals surface area contributed by atoms with Gasteiger partial charge in [-0.05, 0) is 77.8 Å². The summed E-state index contributed by atoms with van der Waals surface area (Å²) in [7, 11) is 0. The van der Waals surface area contributed by atoms with Crippen molar-refractivity contribution in [1.29, 1.82) is 0 Å². The van der Waals surface area contributed by atoms with E-state index < -0.39 is 6.41 Å². The fourth-order valence-corrected chi connectivity index (χ4v) is 5.35. The van der Waals surface area contributed by atoms with E-state index in [1.54, 1.807) is 0 Å². The molecule has 7 heteroatoms. The molecule has 0 bridgehead atoms. The van der Waals surface area contributed by atoms with E-state index in [1.165, 1.54) is 25.7 Å². The topological polar surface area (TPSA) is 65.5 Å². The van der Waals surface area contributed by atoms with Crippen molar-refractivity contribution >= 4 is 6.09 Å². The number of hydrogen-bond acceptors (Lipinski definition) is 6. The maximum atomic E-state index is 12.0. The molecule has 0 spiro atoms. The van der Waals surface area contributed by atoms with Crippen LogP contribution in [-0.4, -0.2) is 90.3 Å². The number of ether oxygens (including phenoxy) is 2. The van der Waals surface area contributed by atoms with Crippen molar-refractivity contribution in [2.45, 2.75) is 77.3 Å². The Morgan fingerprint density at radius 2 is 1.71 bits per heavy atom. The zero-order chi connectivity index (χ0) is 19.9. The van der Waals surface area contributed by atoms with Crippen LogP contribution in [0.15, 0.2) is 0 Å². The van der Waals surface area contributed by atoms with Gasteiger partial charge < -0.3 is 24.4 Å². The molecule has 3 saturated heterocycles. The molecular formula is C21H39N3O4. The summed E-state index contributed by atoms with van der Waals surface area (Å²) in [4.78, 5) is 18.7. The Kier molecular flexibility index (Phi) is 8.38. The first-order chi connectivity index (χ1) is 13.6. The lowest BCUT2D eigenvalue weighted by molar-refractivity contribution is -0.200. The zero-order valence-electron chi connectivity index (χ0n) is 17.7. The number of hydrogen-bond donors (Lipinski definition) is 1. The Morgan fingerprint density at radius 1 is 0.964 bits per heavy atom. The molecule has 1 amide bonds. The van der Waals surface area contributed by atoms with Crippen molar-refractivity contribution in [2.75, 3.05) is 45.9 Å². The number of piperidine rings is 1. The quantitative estimate of drug-likeness (QED) is 0.695. The van der Waals surface area contributed by atoms with Gasteiger partial charge in [0.25, 0.3) is 0 Å². The molecule has 0 aromatic heterocycles. The van der Waals surface area contributed by atoms with Crippen LogP contribution < -0.4 is 0 Å². The molecule has 3 atom stereocenters. The Hall–Kier alpha value is -0.890. The highest BCUT2D eigenvalue weighted by atomic mass is 16.6. The number of carbonyl (C=O) groups is 1. The molecule has 0 aromatic rings. The first kappa shape index (κ1) is 21.8. The average molecular weight is 398 g/mol. The molecule has 3 heterocycles. The lowest BCUT2D eigenvalue weighted by Gasteiger charge is -2.41. The standard InChI is InChI=1S/C21H39N3O4/c1-3-27-20(25)23-12-5-7-18(11-16-23)22-14-9-17(10-15-22)19-8-6-13-24(19)21(26)28-4-2/h17-19,21,26H,3-16H2,1-2H3. The summed E-state index contributed by atoms with van der Waals surface area (Å²) in [6.45, 7) is 9.62. The van der Waals surface area contributed by atoms with E-state index in [0.717, 1.165) is 52.0 Å². The SMILES string of the molecule is CCOC(=O)N1CCCC(N2CCC(C3CCCN3C(O)OCC)CC2)CC1. The van der Waals surface area contributed by atoms with Crippen molar-refractivity contribution in [3.8, 4) is 0 Å². The summed E-state index contributed by atoms with van der Waals surface area (Å²) < 4.78 is 10.6. The van der Waals surface area contributed by atoms with Crippen molar-refractivity contribution in [2.24, 2.45) is 5.92 Å². The maximum Gasteiger partial charge on any atom is 0.409 e. The molecular weight excluding hydrogens is 358 g/mol. The van der Waals surface area contributed by atoms with Crippen molar-refractivity contribution in [1.82, 2.24) is 14.7 Å². The molecule has 3 rings (SSSR count). The summed E-state index contributed by atoms with van der Waals surface area (Å²) in [6, 6.07) is 1.03. The first-order valence-corrected chi connectivity index (χ1v) is 11.3. The smallest absolute Gasteiger partial charge is 0.409 e. The minimum absolute atomic E-state index is 0.156. The van der Waals surface area contributed by atoms with Crippen LogP contribution in [-0.2, 0) is 9.47 Å². The van der Waals surface area contributed by atoms with Gasteiger partial charge in [-0.1, -0.05) is 0 Å². The van der Waals surface area contributed by atoms with Gasteiger partial charge in [-0.2, -0.15) is 0 Å². The molecule has 0 aromatic carbocycles. The minimum atomic E-state index is -0.744. The van der Waals surface area contributed by atoms with Gasteiger partial charge in [-0.25, -0.2) is 4.79 Å². The largest absolute Gasteiger partial charge is 0.450 e. The summed E-state index contributed by atoms with van der Waals surface area (Å²) in [5, 5.41) is 10.3. The molecule has 0 radical (unpaired) electrons. The van der Waals surface area contributed by atoms with E-state index in [0.29, 0.717) is 31.2 Å². The third kappa shape index (κ3) is 5.38. The first-order valence-electron chi connectivity index (χ1n) is 11.3. The van der Waals surface area contributed by atoms with E-state index in [1.807, 2.05) is 18.7 Å². The fraction of sp³-hybridized carbons (Fsp3) is 0.952. The van der Waals surface area contributed by atoms with Crippen LogP contribution in [0.25, 0.3) is 0 Å². The Balaban J connectivity index is 1.47. The molecule has 3 unspecified atom stereocenters. The van der Waals surface area contributed by atoms with Gasteiger partial charge in [-0.15, -0.1) is 0 Å².